The van der Waals surface area contributed by atoms with Crippen LogP contribution in [0.3, 0.4) is 0 Å². The molecule has 2 aromatic rings. The van der Waals surface area contributed by atoms with Gasteiger partial charge in [-0.15, -0.1) is 0 Å². The quantitative estimate of drug-likeness (QED) is 0.489. The van der Waals surface area contributed by atoms with Gasteiger partial charge >= 0.3 is 11.9 Å². The molecule has 0 aromatic heterocycles. The zero-order valence-electron chi connectivity index (χ0n) is 15.1. The lowest BCUT2D eigenvalue weighted by molar-refractivity contribution is -0.159. The number of hydrogen-bond donors (Lipinski definition) is 3. The number of benzene rings is 2. The van der Waals surface area contributed by atoms with Crippen LogP contribution >= 0.6 is 11.6 Å². The van der Waals surface area contributed by atoms with Gasteiger partial charge in [0.15, 0.2) is 0 Å². The minimum absolute atomic E-state index is 0.744. The van der Waals surface area contributed by atoms with Gasteiger partial charge in [-0.05, 0) is 48.9 Å². The van der Waals surface area contributed by atoms with Gasteiger partial charge in [-0.2, -0.15) is 0 Å². The monoisotopic (exact) mass is 395 g/mol. The third-order valence-electron chi connectivity index (χ3n) is 3.49. The Morgan fingerprint density at radius 3 is 2.15 bits per heavy atom. The van der Waals surface area contributed by atoms with Gasteiger partial charge in [0, 0.05) is 17.1 Å². The summed E-state index contributed by atoms with van der Waals surface area (Å²) in [6, 6.07) is 13.8. The molecule has 3 N–H and O–H groups in total. The molecule has 0 atom stereocenters. The first-order chi connectivity index (χ1) is 12.9. The van der Waals surface area contributed by atoms with Gasteiger partial charge in [0.2, 0.25) is 0 Å². The Balaban J connectivity index is 0.000000527. The highest BCUT2D eigenvalue weighted by molar-refractivity contribution is 6.30. The zero-order valence-corrected chi connectivity index (χ0v) is 15.8. The van der Waals surface area contributed by atoms with Crippen LogP contribution in [-0.2, 0) is 22.6 Å². The summed E-state index contributed by atoms with van der Waals surface area (Å²) in [5, 5.41) is 19.0. The summed E-state index contributed by atoms with van der Waals surface area (Å²) in [6.45, 7) is 1.63. The molecule has 0 aliphatic heterocycles. The Morgan fingerprint density at radius 2 is 1.63 bits per heavy atom. The fourth-order valence-corrected chi connectivity index (χ4v) is 2.25. The van der Waals surface area contributed by atoms with E-state index in [-0.39, 0.29) is 0 Å². The average molecular weight is 396 g/mol. The maximum atomic E-state index is 9.10. The van der Waals surface area contributed by atoms with Gasteiger partial charge in [0.1, 0.15) is 11.5 Å². The molecule has 0 aliphatic rings. The van der Waals surface area contributed by atoms with Crippen molar-refractivity contribution in [1.29, 1.82) is 0 Å². The first kappa shape index (κ1) is 22.3. The van der Waals surface area contributed by atoms with Gasteiger partial charge in [0.25, 0.3) is 0 Å². The van der Waals surface area contributed by atoms with Crippen LogP contribution in [0.5, 0.6) is 11.5 Å². The molecule has 0 spiro atoms. The Hall–Kier alpha value is -2.77. The second kappa shape index (κ2) is 11.8. The third kappa shape index (κ3) is 8.44. The predicted octanol–water partition coefficient (Wildman–Crippen LogP) is 2.85. The first-order valence-electron chi connectivity index (χ1n) is 7.99. The van der Waals surface area contributed by atoms with Gasteiger partial charge in [-0.3, -0.25) is 0 Å². The van der Waals surface area contributed by atoms with E-state index in [9.17, 15) is 0 Å². The summed E-state index contributed by atoms with van der Waals surface area (Å²) < 4.78 is 10.6. The molecular formula is C19H22ClNO6. The number of aliphatic carboxylic acids is 2. The second-order valence-electron chi connectivity index (χ2n) is 5.34. The van der Waals surface area contributed by atoms with Gasteiger partial charge in [-0.25, -0.2) is 9.59 Å². The summed E-state index contributed by atoms with van der Waals surface area (Å²) in [6.07, 6.45) is 0.962. The number of hydrogen-bond acceptors (Lipinski definition) is 5. The van der Waals surface area contributed by atoms with E-state index in [4.69, 9.17) is 40.9 Å². The van der Waals surface area contributed by atoms with Crippen molar-refractivity contribution in [2.24, 2.45) is 0 Å². The number of carboxylic acid groups (broad SMARTS) is 2. The summed E-state index contributed by atoms with van der Waals surface area (Å²) >= 11 is 5.87. The zero-order chi connectivity index (χ0) is 20.2. The second-order valence-corrected chi connectivity index (χ2v) is 5.78. The predicted molar refractivity (Wildman–Crippen MR) is 102 cm³/mol. The third-order valence-corrected chi connectivity index (χ3v) is 3.74. The summed E-state index contributed by atoms with van der Waals surface area (Å²) in [7, 11) is 3.35. The molecule has 0 fully saturated rings. The van der Waals surface area contributed by atoms with Crippen molar-refractivity contribution >= 4 is 23.5 Å². The number of methoxy groups -OCH3 is 2. The van der Waals surface area contributed by atoms with Crippen LogP contribution in [0, 0.1) is 0 Å². The fraction of sp³-hybridized carbons (Fsp3) is 0.263. The van der Waals surface area contributed by atoms with E-state index in [0.717, 1.165) is 41.6 Å². The van der Waals surface area contributed by atoms with Crippen LogP contribution in [0.15, 0.2) is 42.5 Å². The van der Waals surface area contributed by atoms with Crippen molar-refractivity contribution in [1.82, 2.24) is 5.32 Å². The van der Waals surface area contributed by atoms with Crippen LogP contribution in [-0.4, -0.2) is 42.9 Å². The van der Waals surface area contributed by atoms with Crippen molar-refractivity contribution < 1.29 is 29.3 Å². The highest BCUT2D eigenvalue weighted by Gasteiger charge is 2.05. The maximum absolute atomic E-state index is 9.10. The highest BCUT2D eigenvalue weighted by atomic mass is 35.5. The lowest BCUT2D eigenvalue weighted by Crippen LogP contribution is -2.17. The lowest BCUT2D eigenvalue weighted by atomic mass is 10.1. The van der Waals surface area contributed by atoms with E-state index in [2.05, 4.69) is 17.4 Å². The topological polar surface area (TPSA) is 105 Å². The Bertz CT molecular complexity index is 736. The summed E-state index contributed by atoms with van der Waals surface area (Å²) in [5.74, 6) is -1.94. The van der Waals surface area contributed by atoms with Crippen LogP contribution in [0.1, 0.15) is 11.1 Å². The molecule has 2 aromatic carbocycles. The van der Waals surface area contributed by atoms with Crippen LogP contribution in [0.4, 0.5) is 0 Å². The first-order valence-corrected chi connectivity index (χ1v) is 8.37. The molecule has 8 heteroatoms. The van der Waals surface area contributed by atoms with E-state index in [1.54, 1.807) is 14.2 Å². The Morgan fingerprint density at radius 1 is 1.00 bits per heavy atom. The number of rotatable bonds is 7. The standard InChI is InChI=1S/C17H20ClNO2.C2H2O4/c1-20-16-7-8-17(21-2)14(11-16)12-19-10-9-13-3-5-15(18)6-4-13;3-1(4)2(5)6/h3-8,11,19H,9-10,12H2,1-2H3;(H,3,4)(H,5,6). The smallest absolute Gasteiger partial charge is 0.414 e. The van der Waals surface area contributed by atoms with Crippen molar-refractivity contribution in [3.63, 3.8) is 0 Å². The van der Waals surface area contributed by atoms with Gasteiger partial charge in [-0.1, -0.05) is 23.7 Å². The molecule has 0 heterocycles. The molecule has 0 saturated carbocycles. The minimum atomic E-state index is -1.82. The van der Waals surface area contributed by atoms with Crippen molar-refractivity contribution in [3.05, 3.63) is 58.6 Å². The van der Waals surface area contributed by atoms with Crippen molar-refractivity contribution in [2.75, 3.05) is 20.8 Å². The van der Waals surface area contributed by atoms with E-state index in [1.165, 1.54) is 5.56 Å². The molecule has 0 aliphatic carbocycles. The normalized spacial score (nSPS) is 9.74. The Kier molecular flexibility index (Phi) is 9.71. The van der Waals surface area contributed by atoms with E-state index < -0.39 is 11.9 Å². The summed E-state index contributed by atoms with van der Waals surface area (Å²) in [4.78, 5) is 18.2. The molecule has 0 unspecified atom stereocenters. The van der Waals surface area contributed by atoms with Gasteiger partial charge in [0.05, 0.1) is 14.2 Å². The van der Waals surface area contributed by atoms with Crippen LogP contribution < -0.4 is 14.8 Å². The van der Waals surface area contributed by atoms with E-state index in [0.29, 0.717) is 0 Å². The largest absolute Gasteiger partial charge is 0.497 e. The number of ether oxygens (including phenoxy) is 2. The lowest BCUT2D eigenvalue weighted by Gasteiger charge is -2.11. The SMILES string of the molecule is COc1ccc(OC)c(CNCCc2ccc(Cl)cc2)c1.O=C(O)C(=O)O. The molecular weight excluding hydrogens is 374 g/mol. The molecule has 0 saturated heterocycles. The molecule has 27 heavy (non-hydrogen) atoms. The fourth-order valence-electron chi connectivity index (χ4n) is 2.13. The number of carbonyl (C=O) groups is 2. The maximum Gasteiger partial charge on any atom is 0.414 e. The molecule has 0 radical (unpaired) electrons. The number of carboxylic acids is 2. The minimum Gasteiger partial charge on any atom is -0.497 e. The summed E-state index contributed by atoms with van der Waals surface area (Å²) in [5.41, 5.74) is 2.36. The molecule has 146 valence electrons. The Labute approximate surface area is 162 Å². The number of nitrogens with one attached hydrogen (secondary N) is 1. The van der Waals surface area contributed by atoms with E-state index in [1.807, 2.05) is 30.3 Å². The molecule has 7 nitrogen and oxygen atoms in total. The molecule has 2 rings (SSSR count). The van der Waals surface area contributed by atoms with Crippen molar-refractivity contribution in [3.8, 4) is 11.5 Å². The highest BCUT2D eigenvalue weighted by Crippen LogP contribution is 2.23. The molecule has 0 bridgehead atoms. The average Bonchev–Trinajstić information content (AvgIpc) is 2.66. The molecule has 0 amide bonds. The van der Waals surface area contributed by atoms with Gasteiger partial charge < -0.3 is 25.0 Å². The van der Waals surface area contributed by atoms with Crippen LogP contribution in [0.25, 0.3) is 0 Å². The van der Waals surface area contributed by atoms with Crippen LogP contribution in [0.2, 0.25) is 5.02 Å². The number of halogens is 1. The van der Waals surface area contributed by atoms with E-state index >= 15 is 0 Å². The van der Waals surface area contributed by atoms with Crippen molar-refractivity contribution in [2.45, 2.75) is 13.0 Å².